The molecule has 21 heteroatoms. The average Bonchev–Trinajstić information content (AvgIpc) is 4.10. The van der Waals surface area contributed by atoms with Crippen LogP contribution in [0.3, 0.4) is 0 Å². The second kappa shape index (κ2) is 22.4. The van der Waals surface area contributed by atoms with Gasteiger partial charge in [0.25, 0.3) is 0 Å². The Kier molecular flexibility index (Phi) is 17.6. The Balaban J connectivity index is 0.000000231. The van der Waals surface area contributed by atoms with E-state index >= 15 is 0 Å². The van der Waals surface area contributed by atoms with Gasteiger partial charge in [0.1, 0.15) is 45.6 Å². The van der Waals surface area contributed by atoms with Gasteiger partial charge in [-0.2, -0.15) is 15.5 Å². The van der Waals surface area contributed by atoms with Gasteiger partial charge < -0.3 is 10.2 Å². The van der Waals surface area contributed by atoms with Crippen molar-refractivity contribution in [1.82, 2.24) is 19.6 Å². The molecule has 0 saturated heterocycles. The third-order valence-corrected chi connectivity index (χ3v) is 14.6. The zero-order valence-electron chi connectivity index (χ0n) is 38.1. The molecule has 8 rings (SSSR count). The number of aliphatic hydroxyl groups is 2. The first-order valence-electron chi connectivity index (χ1n) is 20.3. The third kappa shape index (κ3) is 13.4. The predicted molar refractivity (Wildman–Crippen MR) is 275 cm³/mol. The van der Waals surface area contributed by atoms with Gasteiger partial charge in [-0.3, -0.25) is 0 Å². The number of aromatic nitrogens is 4. The van der Waals surface area contributed by atoms with E-state index in [4.69, 9.17) is 16.9 Å². The summed E-state index contributed by atoms with van der Waals surface area (Å²) in [5.74, 6) is -0.903. The fourth-order valence-corrected chi connectivity index (χ4v) is 10.4. The number of thiophene rings is 2. The number of thiol groups is 1. The van der Waals surface area contributed by atoms with Crippen LogP contribution in [0.2, 0.25) is 5.02 Å². The number of sulfone groups is 2. The summed E-state index contributed by atoms with van der Waals surface area (Å²) in [7, 11) is -2.33. The second-order valence-electron chi connectivity index (χ2n) is 16.0. The molecule has 69 heavy (non-hydrogen) atoms. The minimum absolute atomic E-state index is 0.203. The number of hydrogen-bond acceptors (Lipinski definition) is 13. The van der Waals surface area contributed by atoms with E-state index in [0.717, 1.165) is 32.0 Å². The van der Waals surface area contributed by atoms with Crippen LogP contribution in [0.25, 0.3) is 53.4 Å². The molecule has 0 saturated carbocycles. The summed E-state index contributed by atoms with van der Waals surface area (Å²) in [6, 6.07) is 36.9. The van der Waals surface area contributed by atoms with E-state index < -0.39 is 42.5 Å². The predicted octanol–water partition coefficient (Wildman–Crippen LogP) is 11.4. The van der Waals surface area contributed by atoms with Crippen molar-refractivity contribution in [1.29, 1.82) is 5.26 Å². The van der Waals surface area contributed by atoms with E-state index in [-0.39, 0.29) is 31.9 Å². The van der Waals surface area contributed by atoms with E-state index in [1.54, 1.807) is 113 Å². The number of halogens is 3. The maximum absolute atomic E-state index is 14.6. The molecule has 0 aliphatic carbocycles. The van der Waals surface area contributed by atoms with Crippen LogP contribution < -0.4 is 0 Å². The Bertz CT molecular complexity index is 3390. The van der Waals surface area contributed by atoms with Gasteiger partial charge in [0, 0.05) is 29.2 Å². The van der Waals surface area contributed by atoms with Gasteiger partial charge in [-0.1, -0.05) is 60.1 Å². The number of nitriles is 1. The first-order valence-corrected chi connectivity index (χ1v) is 26.5. The molecule has 0 bridgehead atoms. The van der Waals surface area contributed by atoms with Crippen LogP contribution >= 0.6 is 47.1 Å². The van der Waals surface area contributed by atoms with Crippen LogP contribution in [-0.4, -0.2) is 66.8 Å². The summed E-state index contributed by atoms with van der Waals surface area (Å²) in [5, 5.41) is 37.5. The van der Waals surface area contributed by atoms with E-state index in [1.165, 1.54) is 57.3 Å². The molecule has 0 amide bonds. The van der Waals surface area contributed by atoms with Gasteiger partial charge in [-0.25, -0.2) is 35.0 Å². The zero-order valence-corrected chi connectivity index (χ0v) is 43.0. The normalized spacial score (nSPS) is 11.5. The van der Waals surface area contributed by atoms with Gasteiger partial charge in [-0.15, -0.1) is 22.7 Å². The Hall–Kier alpha value is -5.63. The summed E-state index contributed by atoms with van der Waals surface area (Å²) in [6.45, 7) is 7.81. The van der Waals surface area contributed by atoms with Gasteiger partial charge >= 0.3 is 24.8 Å². The Morgan fingerprint density at radius 1 is 0.681 bits per heavy atom. The molecule has 4 aromatic heterocycles. The summed E-state index contributed by atoms with van der Waals surface area (Å²) in [4.78, 5) is 3.66. The standard InChI is InChI=1S/C23H20ClFN2O3S2.C23H21FN2O3S2.C2H3N.BHNS/c1-23(2,28)22-20(24)21(27(26-22)17-10-5-4-9-16(17)25)19-12-11-18(31-19)14-7-6-8-15(13-14)32(3,29)30;1-23(2,27)22-14-19(26(25-22)18-10-5-4-9-17(18)24)21-12-11-20(30-21)15-7-6-8-16(13-15)31(3,28)29;2*1-2-3/h4-13,28H,1-3H3;4-14,27H,1-3H3;1H3;3H. The van der Waals surface area contributed by atoms with Crippen LogP contribution in [0.15, 0.2) is 141 Å². The van der Waals surface area contributed by atoms with E-state index in [0.29, 0.717) is 22.0 Å². The van der Waals surface area contributed by atoms with Gasteiger partial charge in [0.15, 0.2) is 19.7 Å². The number of para-hydroxylation sites is 2. The summed E-state index contributed by atoms with van der Waals surface area (Å²) < 4.78 is 82.4. The number of rotatable bonds is 10. The molecule has 8 aromatic rings. The SMILES string of the molecule is CC#N.CC(C)(O)c1cc(-c2ccc(-c3cccc(S(C)(=O)=O)c3)s2)n(-c2ccccc2F)n1.CC(C)(O)c1nn(-c2ccccc2F)c(-c2ccc(-c3cccc(S(C)(=O)=O)c3)s2)c1Cl.[B]=NS. The van der Waals surface area contributed by atoms with Crippen molar-refractivity contribution < 1.29 is 35.8 Å². The Morgan fingerprint density at radius 2 is 1.10 bits per heavy atom. The van der Waals surface area contributed by atoms with E-state index in [9.17, 15) is 35.8 Å². The molecule has 357 valence electrons. The summed E-state index contributed by atoms with van der Waals surface area (Å²) in [5.41, 5.74) is 1.18. The second-order valence-corrected chi connectivity index (χ2v) is 22.8. The molecule has 1 radical (unpaired) electrons. The monoisotopic (exact) mass is 1050 g/mol. The average molecular weight is 1050 g/mol. The molecule has 2 N–H and O–H groups in total. The van der Waals surface area contributed by atoms with Crippen molar-refractivity contribution in [3.63, 3.8) is 0 Å². The van der Waals surface area contributed by atoms with Crippen molar-refractivity contribution in [3.8, 4) is 59.5 Å². The zero-order chi connectivity index (χ0) is 51.1. The molecule has 0 atom stereocenters. The molecule has 4 heterocycles. The van der Waals surface area contributed by atoms with Crippen molar-refractivity contribution >= 4 is 74.4 Å². The first kappa shape index (κ1) is 54.3. The minimum atomic E-state index is -3.35. The molecule has 0 aliphatic rings. The Labute approximate surface area is 419 Å². The number of hydrogen-bond donors (Lipinski definition) is 3. The molecule has 0 aliphatic heterocycles. The maximum atomic E-state index is 14.6. The van der Waals surface area contributed by atoms with Gasteiger partial charge in [0.05, 0.1) is 42.0 Å². The third-order valence-electron chi connectivity index (χ3n) is 9.70. The van der Waals surface area contributed by atoms with E-state index in [2.05, 4.69) is 35.0 Å². The van der Waals surface area contributed by atoms with Crippen LogP contribution in [0.1, 0.15) is 46.0 Å². The number of benzene rings is 4. The van der Waals surface area contributed by atoms with Crippen LogP contribution in [0.5, 0.6) is 0 Å². The fourth-order valence-electron chi connectivity index (χ4n) is 6.47. The van der Waals surface area contributed by atoms with Crippen molar-refractivity contribution in [2.24, 2.45) is 4.30 Å². The summed E-state index contributed by atoms with van der Waals surface area (Å²) in [6.07, 6.45) is 2.34. The first-order chi connectivity index (χ1) is 32.3. The molecule has 0 unspecified atom stereocenters. The molecular weight excluding hydrogens is 1000 g/mol. The fraction of sp³-hybridized carbons (Fsp3) is 0.188. The van der Waals surface area contributed by atoms with E-state index in [1.807, 2.05) is 36.4 Å². The molecule has 0 spiro atoms. The van der Waals surface area contributed by atoms with Gasteiger partial charge in [0.2, 0.25) is 0 Å². The molecular formula is C48H45BClF2N6O6S5. The molecule has 0 fully saturated rings. The van der Waals surface area contributed by atoms with Gasteiger partial charge in [-0.05, 0) is 118 Å². The van der Waals surface area contributed by atoms with Crippen LogP contribution in [0.4, 0.5) is 8.78 Å². The van der Waals surface area contributed by atoms with Crippen LogP contribution in [-0.2, 0) is 30.9 Å². The van der Waals surface area contributed by atoms with Crippen LogP contribution in [0, 0.1) is 23.0 Å². The quantitative estimate of drug-likeness (QED) is 0.0887. The number of nitrogens with zero attached hydrogens (tertiary/aromatic N) is 6. The summed E-state index contributed by atoms with van der Waals surface area (Å²) >= 11 is 12.6. The van der Waals surface area contributed by atoms with Crippen molar-refractivity contribution in [2.45, 2.75) is 55.6 Å². The topological polar surface area (TPSA) is 181 Å². The molecule has 12 nitrogen and oxygen atoms in total. The van der Waals surface area contributed by atoms with Crippen molar-refractivity contribution in [2.75, 3.05) is 12.5 Å². The Morgan fingerprint density at radius 3 is 1.54 bits per heavy atom. The van der Waals surface area contributed by atoms with Crippen molar-refractivity contribution in [3.05, 3.63) is 155 Å². The molecule has 4 aromatic carbocycles.